The molecule has 5 rings (SSSR count). The number of carbonyl (C=O) groups excluding carboxylic acids is 2. The molecule has 0 radical (unpaired) electrons. The van der Waals surface area contributed by atoms with Crippen LogP contribution in [0.3, 0.4) is 0 Å². The molecule has 0 unspecified atom stereocenters. The van der Waals surface area contributed by atoms with Gasteiger partial charge in [-0.25, -0.2) is 0 Å². The fourth-order valence-electron chi connectivity index (χ4n) is 4.62. The molecule has 2 fully saturated rings. The van der Waals surface area contributed by atoms with Gasteiger partial charge in [-0.2, -0.15) is 0 Å². The predicted octanol–water partition coefficient (Wildman–Crippen LogP) is 5.31. The number of benzene rings is 3. The van der Waals surface area contributed by atoms with Crippen LogP contribution in [-0.4, -0.2) is 51.9 Å². The lowest BCUT2D eigenvalue weighted by atomic mass is 9.99. The maximum absolute atomic E-state index is 13.2. The van der Waals surface area contributed by atoms with Crippen molar-refractivity contribution in [2.75, 3.05) is 25.4 Å². The maximum atomic E-state index is 13.2. The molecule has 2 amide bonds. The summed E-state index contributed by atoms with van der Waals surface area (Å²) >= 11 is 7.83. The molecule has 2 heterocycles. The molecule has 158 valence electrons. The average Bonchev–Trinajstić information content (AvgIpc) is 3.21. The molecule has 2 aliphatic heterocycles. The summed E-state index contributed by atoms with van der Waals surface area (Å²) in [5.41, 5.74) is 1.39. The second kappa shape index (κ2) is 8.21. The molecule has 31 heavy (non-hydrogen) atoms. The molecule has 3 aromatic carbocycles. The minimum atomic E-state index is -0.225. The third-order valence-electron chi connectivity index (χ3n) is 6.34. The molecule has 4 nitrogen and oxygen atoms in total. The second-order valence-corrected chi connectivity index (χ2v) is 10.0. The van der Waals surface area contributed by atoms with Gasteiger partial charge in [-0.05, 0) is 60.0 Å². The van der Waals surface area contributed by atoms with Crippen molar-refractivity contribution in [2.45, 2.75) is 17.7 Å². The first-order chi connectivity index (χ1) is 15.1. The van der Waals surface area contributed by atoms with E-state index in [9.17, 15) is 9.59 Å². The van der Waals surface area contributed by atoms with Gasteiger partial charge in [-0.15, -0.1) is 11.8 Å². The van der Waals surface area contributed by atoms with Crippen LogP contribution in [0.4, 0.5) is 0 Å². The van der Waals surface area contributed by atoms with Crippen molar-refractivity contribution in [3.05, 3.63) is 82.9 Å². The minimum absolute atomic E-state index is 0.0518. The first-order valence-electron chi connectivity index (χ1n) is 10.6. The summed E-state index contributed by atoms with van der Waals surface area (Å²) in [6.07, 6.45) is 1.58. The molecule has 1 spiro atoms. The lowest BCUT2D eigenvalue weighted by molar-refractivity contribution is 0.0498. The number of carbonyl (C=O) groups is 2. The third-order valence-corrected chi connectivity index (χ3v) is 8.15. The normalized spacial score (nSPS) is 18.0. The Labute approximate surface area is 191 Å². The van der Waals surface area contributed by atoms with Crippen LogP contribution in [0.15, 0.2) is 66.7 Å². The number of fused-ring (bicyclic) bond motifs is 1. The number of piperidine rings is 1. The van der Waals surface area contributed by atoms with E-state index in [0.29, 0.717) is 23.7 Å². The van der Waals surface area contributed by atoms with Crippen molar-refractivity contribution in [3.8, 4) is 0 Å². The van der Waals surface area contributed by atoms with Gasteiger partial charge in [0.05, 0.1) is 4.87 Å². The van der Waals surface area contributed by atoms with Crippen LogP contribution in [0.5, 0.6) is 0 Å². The first kappa shape index (κ1) is 20.4. The topological polar surface area (TPSA) is 40.6 Å². The molecule has 0 atom stereocenters. The smallest absolute Gasteiger partial charge is 0.254 e. The molecule has 3 aromatic rings. The van der Waals surface area contributed by atoms with Gasteiger partial charge in [-0.3, -0.25) is 9.59 Å². The van der Waals surface area contributed by atoms with Crippen molar-refractivity contribution in [2.24, 2.45) is 0 Å². The van der Waals surface area contributed by atoms with Crippen LogP contribution >= 0.6 is 23.4 Å². The fraction of sp³-hybridized carbons (Fsp3) is 0.280. The van der Waals surface area contributed by atoms with Gasteiger partial charge >= 0.3 is 0 Å². The van der Waals surface area contributed by atoms with E-state index >= 15 is 0 Å². The van der Waals surface area contributed by atoms with E-state index in [2.05, 4.69) is 6.07 Å². The van der Waals surface area contributed by atoms with Gasteiger partial charge in [0.2, 0.25) is 0 Å². The molecule has 0 aliphatic carbocycles. The summed E-state index contributed by atoms with van der Waals surface area (Å²) in [5.74, 6) is 1.05. The molecule has 2 aliphatic rings. The van der Waals surface area contributed by atoms with Crippen LogP contribution in [0.25, 0.3) is 10.8 Å². The number of halogens is 1. The SMILES string of the molecule is O=C(c1ccc2ccccc2c1)N1CCC2(CC1)SCCN2C(=O)c1ccc(Cl)cc1. The standard InChI is InChI=1S/C25H23ClN2O2S/c26-22-9-7-19(8-10-22)24(30)28-15-16-31-25(28)11-13-27(14-12-25)23(29)21-6-5-18-3-1-2-4-20(18)17-21/h1-10,17H,11-16H2. The Hall–Kier alpha value is -2.50. The van der Waals surface area contributed by atoms with Gasteiger partial charge in [0.25, 0.3) is 11.8 Å². The zero-order chi connectivity index (χ0) is 21.4. The van der Waals surface area contributed by atoms with E-state index in [1.54, 1.807) is 24.3 Å². The molecule has 0 N–H and O–H groups in total. The number of hydrogen-bond donors (Lipinski definition) is 0. The summed E-state index contributed by atoms with van der Waals surface area (Å²) in [7, 11) is 0. The number of hydrogen-bond acceptors (Lipinski definition) is 3. The van der Waals surface area contributed by atoms with E-state index < -0.39 is 0 Å². The highest BCUT2D eigenvalue weighted by atomic mass is 35.5. The van der Waals surface area contributed by atoms with Gasteiger partial charge in [0, 0.05) is 41.5 Å². The number of likely N-dealkylation sites (tertiary alicyclic amines) is 1. The molecule has 2 saturated heterocycles. The molecule has 0 aromatic heterocycles. The highest BCUT2D eigenvalue weighted by molar-refractivity contribution is 8.00. The highest BCUT2D eigenvalue weighted by Crippen LogP contribution is 2.44. The summed E-state index contributed by atoms with van der Waals surface area (Å²) in [6.45, 7) is 2.05. The van der Waals surface area contributed by atoms with E-state index in [-0.39, 0.29) is 16.7 Å². The Morgan fingerprint density at radius 1 is 0.806 bits per heavy atom. The molecule has 0 saturated carbocycles. The molecule has 6 heteroatoms. The van der Waals surface area contributed by atoms with Crippen LogP contribution in [-0.2, 0) is 0 Å². The molecule has 0 bridgehead atoms. The zero-order valence-electron chi connectivity index (χ0n) is 17.1. The van der Waals surface area contributed by atoms with Gasteiger partial charge in [-0.1, -0.05) is 41.9 Å². The largest absolute Gasteiger partial charge is 0.338 e. The Bertz CT molecular complexity index is 1140. The Morgan fingerprint density at radius 2 is 1.48 bits per heavy atom. The van der Waals surface area contributed by atoms with Crippen LogP contribution in [0, 0.1) is 0 Å². The van der Waals surface area contributed by atoms with Crippen molar-refractivity contribution in [1.29, 1.82) is 0 Å². The maximum Gasteiger partial charge on any atom is 0.254 e. The lowest BCUT2D eigenvalue weighted by Crippen LogP contribution is -2.53. The average molecular weight is 451 g/mol. The molecular weight excluding hydrogens is 428 g/mol. The number of thioether (sulfide) groups is 1. The Morgan fingerprint density at radius 3 is 2.23 bits per heavy atom. The summed E-state index contributed by atoms with van der Waals surface area (Å²) in [4.78, 5) is 30.0. The summed E-state index contributed by atoms with van der Waals surface area (Å²) in [5, 5.41) is 2.84. The minimum Gasteiger partial charge on any atom is -0.338 e. The third kappa shape index (κ3) is 3.81. The van der Waals surface area contributed by atoms with Crippen LogP contribution < -0.4 is 0 Å². The second-order valence-electron chi connectivity index (χ2n) is 8.11. The highest BCUT2D eigenvalue weighted by Gasteiger charge is 2.47. The van der Waals surface area contributed by atoms with E-state index in [0.717, 1.165) is 41.5 Å². The van der Waals surface area contributed by atoms with Crippen molar-refractivity contribution >= 4 is 45.9 Å². The van der Waals surface area contributed by atoms with Crippen LogP contribution in [0.1, 0.15) is 33.6 Å². The van der Waals surface area contributed by atoms with Crippen LogP contribution in [0.2, 0.25) is 5.02 Å². The monoisotopic (exact) mass is 450 g/mol. The Balaban J connectivity index is 1.30. The van der Waals surface area contributed by atoms with Gasteiger partial charge in [0.15, 0.2) is 0 Å². The lowest BCUT2D eigenvalue weighted by Gasteiger charge is -2.44. The quantitative estimate of drug-likeness (QED) is 0.531. The number of nitrogens with zero attached hydrogens (tertiary/aromatic N) is 2. The molecular formula is C25H23ClN2O2S. The summed E-state index contributed by atoms with van der Waals surface area (Å²) < 4.78 is 0. The van der Waals surface area contributed by atoms with Gasteiger partial charge < -0.3 is 9.80 Å². The van der Waals surface area contributed by atoms with Gasteiger partial charge in [0.1, 0.15) is 0 Å². The summed E-state index contributed by atoms with van der Waals surface area (Å²) in [6, 6.07) is 21.1. The van der Waals surface area contributed by atoms with Crippen molar-refractivity contribution in [1.82, 2.24) is 9.80 Å². The van der Waals surface area contributed by atoms with Crippen molar-refractivity contribution in [3.63, 3.8) is 0 Å². The van der Waals surface area contributed by atoms with E-state index in [1.165, 1.54) is 0 Å². The predicted molar refractivity (Wildman–Crippen MR) is 127 cm³/mol. The fourth-order valence-corrected chi connectivity index (χ4v) is 6.20. The Kier molecular flexibility index (Phi) is 5.40. The first-order valence-corrected chi connectivity index (χ1v) is 11.9. The zero-order valence-corrected chi connectivity index (χ0v) is 18.7. The van der Waals surface area contributed by atoms with E-state index in [1.807, 2.05) is 58.0 Å². The number of rotatable bonds is 2. The van der Waals surface area contributed by atoms with E-state index in [4.69, 9.17) is 11.6 Å². The number of amides is 2. The van der Waals surface area contributed by atoms with Crippen molar-refractivity contribution < 1.29 is 9.59 Å².